The molecule has 21 heavy (non-hydrogen) atoms. The van der Waals surface area contributed by atoms with E-state index >= 15 is 0 Å². The van der Waals surface area contributed by atoms with Gasteiger partial charge in [0.05, 0.1) is 0 Å². The molecule has 0 aromatic rings. The van der Waals surface area contributed by atoms with Crippen molar-refractivity contribution in [3.8, 4) is 0 Å². The Morgan fingerprint density at radius 3 is 2.48 bits per heavy atom. The summed E-state index contributed by atoms with van der Waals surface area (Å²) in [6.45, 7) is 1.10. The molecule has 116 valence electrons. The number of carbonyl (C=O) groups is 3. The van der Waals surface area contributed by atoms with Crippen LogP contribution in [0.3, 0.4) is 0 Å². The predicted octanol–water partition coefficient (Wildman–Crippen LogP) is 0.720. The summed E-state index contributed by atoms with van der Waals surface area (Å²) in [5.41, 5.74) is -0.782. The van der Waals surface area contributed by atoms with Gasteiger partial charge in [0, 0.05) is 19.5 Å². The van der Waals surface area contributed by atoms with Crippen LogP contribution in [0.4, 0.5) is 4.79 Å². The number of nitrogens with zero attached hydrogens (tertiary/aromatic N) is 1. The van der Waals surface area contributed by atoms with Gasteiger partial charge in [-0.15, -0.1) is 0 Å². The second-order valence-corrected chi connectivity index (χ2v) is 7.36. The van der Waals surface area contributed by atoms with Crippen molar-refractivity contribution in [3.05, 3.63) is 0 Å². The highest BCUT2D eigenvalue weighted by Crippen LogP contribution is 2.29. The van der Waals surface area contributed by atoms with Crippen molar-refractivity contribution < 1.29 is 14.4 Å². The molecule has 3 heterocycles. The minimum absolute atomic E-state index is 0.200. The molecule has 4 amide bonds. The van der Waals surface area contributed by atoms with E-state index in [1.807, 2.05) is 16.7 Å². The van der Waals surface area contributed by atoms with Crippen molar-refractivity contribution in [1.82, 2.24) is 15.5 Å². The number of nitrogens with one attached hydrogen (secondary N) is 2. The van der Waals surface area contributed by atoms with Crippen LogP contribution in [0.25, 0.3) is 0 Å². The molecule has 1 spiro atoms. The maximum Gasteiger partial charge on any atom is 0.322 e. The number of urea groups is 1. The summed E-state index contributed by atoms with van der Waals surface area (Å²) in [4.78, 5) is 37.3. The van der Waals surface area contributed by atoms with Crippen LogP contribution in [0.2, 0.25) is 0 Å². The average Bonchev–Trinajstić information content (AvgIpc) is 2.74. The number of piperidine rings is 1. The zero-order valence-corrected chi connectivity index (χ0v) is 12.8. The van der Waals surface area contributed by atoms with Crippen LogP contribution in [0.1, 0.15) is 32.1 Å². The van der Waals surface area contributed by atoms with Crippen LogP contribution in [-0.2, 0) is 9.59 Å². The van der Waals surface area contributed by atoms with Gasteiger partial charge in [-0.1, -0.05) is 0 Å². The molecule has 0 radical (unpaired) electrons. The summed E-state index contributed by atoms with van der Waals surface area (Å²) in [6.07, 6.45) is 3.92. The Morgan fingerprint density at radius 2 is 1.90 bits per heavy atom. The number of hydrogen-bond donors (Lipinski definition) is 2. The molecule has 7 heteroatoms. The van der Waals surface area contributed by atoms with Gasteiger partial charge in [0.1, 0.15) is 5.54 Å². The van der Waals surface area contributed by atoms with E-state index in [0.29, 0.717) is 38.3 Å². The Balaban J connectivity index is 1.52. The van der Waals surface area contributed by atoms with Crippen molar-refractivity contribution in [2.75, 3.05) is 24.6 Å². The van der Waals surface area contributed by atoms with Crippen LogP contribution in [0.5, 0.6) is 0 Å². The molecule has 0 aromatic carbocycles. The molecule has 3 rings (SSSR count). The van der Waals surface area contributed by atoms with E-state index in [1.54, 1.807) is 0 Å². The highest BCUT2D eigenvalue weighted by atomic mass is 32.2. The topological polar surface area (TPSA) is 78.5 Å². The predicted molar refractivity (Wildman–Crippen MR) is 79.9 cm³/mol. The van der Waals surface area contributed by atoms with Crippen molar-refractivity contribution in [2.24, 2.45) is 5.92 Å². The maximum absolute atomic E-state index is 12.3. The second kappa shape index (κ2) is 5.87. The third-order valence-corrected chi connectivity index (χ3v) is 5.84. The first kappa shape index (κ1) is 14.7. The lowest BCUT2D eigenvalue weighted by Gasteiger charge is -2.37. The molecule has 6 nitrogen and oxygen atoms in total. The summed E-state index contributed by atoms with van der Waals surface area (Å²) in [7, 11) is 0. The molecule has 0 atom stereocenters. The van der Waals surface area contributed by atoms with Gasteiger partial charge in [-0.3, -0.25) is 14.9 Å². The van der Waals surface area contributed by atoms with Gasteiger partial charge in [0.25, 0.3) is 5.91 Å². The highest BCUT2D eigenvalue weighted by molar-refractivity contribution is 7.99. The van der Waals surface area contributed by atoms with Crippen molar-refractivity contribution >= 4 is 29.6 Å². The number of rotatable bonds is 2. The third-order valence-electron chi connectivity index (χ3n) is 4.79. The maximum atomic E-state index is 12.3. The summed E-state index contributed by atoms with van der Waals surface area (Å²) >= 11 is 1.96. The van der Waals surface area contributed by atoms with Crippen LogP contribution in [-0.4, -0.2) is 52.9 Å². The van der Waals surface area contributed by atoms with E-state index in [1.165, 1.54) is 0 Å². The Bertz CT molecular complexity index is 454. The minimum Gasteiger partial charge on any atom is -0.342 e. The Hall–Kier alpha value is -1.24. The Labute approximate surface area is 128 Å². The van der Waals surface area contributed by atoms with E-state index < -0.39 is 11.6 Å². The molecule has 0 aliphatic carbocycles. The number of likely N-dealkylation sites (tertiary alicyclic amines) is 1. The number of amides is 4. The van der Waals surface area contributed by atoms with E-state index in [-0.39, 0.29) is 11.8 Å². The standard InChI is InChI=1S/C14H21N3O3S/c18-11(9-10-1-7-21-8-2-10)17-5-3-14(4-6-17)12(19)15-13(20)16-14/h10H,1-9H2,(H2,15,16,19,20). The molecule has 3 saturated heterocycles. The summed E-state index contributed by atoms with van der Waals surface area (Å²) in [5, 5.41) is 5.01. The van der Waals surface area contributed by atoms with Gasteiger partial charge < -0.3 is 10.2 Å². The molecular formula is C14H21N3O3S. The normalized spacial score (nSPS) is 25.8. The zero-order valence-electron chi connectivity index (χ0n) is 12.0. The van der Waals surface area contributed by atoms with Gasteiger partial charge in [-0.2, -0.15) is 11.8 Å². The summed E-state index contributed by atoms with van der Waals surface area (Å²) in [5.74, 6) is 2.79. The summed E-state index contributed by atoms with van der Waals surface area (Å²) in [6, 6.07) is -0.417. The SMILES string of the molecule is O=C1NC(=O)C2(CCN(C(=O)CC3CCSCC3)CC2)N1. The van der Waals surface area contributed by atoms with Crippen LogP contribution in [0, 0.1) is 5.92 Å². The van der Waals surface area contributed by atoms with Gasteiger partial charge >= 0.3 is 6.03 Å². The van der Waals surface area contributed by atoms with E-state index in [2.05, 4.69) is 10.6 Å². The van der Waals surface area contributed by atoms with E-state index in [4.69, 9.17) is 0 Å². The first-order valence-electron chi connectivity index (χ1n) is 7.58. The van der Waals surface area contributed by atoms with Gasteiger partial charge in [-0.25, -0.2) is 4.79 Å². The minimum atomic E-state index is -0.782. The first-order chi connectivity index (χ1) is 10.1. The molecule has 0 saturated carbocycles. The van der Waals surface area contributed by atoms with E-state index in [9.17, 15) is 14.4 Å². The fourth-order valence-corrected chi connectivity index (χ4v) is 4.55. The first-order valence-corrected chi connectivity index (χ1v) is 8.74. The highest BCUT2D eigenvalue weighted by Gasteiger charge is 2.48. The van der Waals surface area contributed by atoms with Gasteiger partial charge in [0.15, 0.2) is 0 Å². The Morgan fingerprint density at radius 1 is 1.24 bits per heavy atom. The molecule has 3 aliphatic heterocycles. The van der Waals surface area contributed by atoms with Crippen molar-refractivity contribution in [1.29, 1.82) is 0 Å². The second-order valence-electron chi connectivity index (χ2n) is 6.13. The van der Waals surface area contributed by atoms with Crippen LogP contribution in [0.15, 0.2) is 0 Å². The molecule has 3 fully saturated rings. The smallest absolute Gasteiger partial charge is 0.322 e. The molecule has 3 aliphatic rings. The van der Waals surface area contributed by atoms with Crippen molar-refractivity contribution in [3.63, 3.8) is 0 Å². The number of carbonyl (C=O) groups excluding carboxylic acids is 3. The Kier molecular flexibility index (Phi) is 4.10. The fourth-order valence-electron chi connectivity index (χ4n) is 3.34. The quantitative estimate of drug-likeness (QED) is 0.737. The lowest BCUT2D eigenvalue weighted by Crippen LogP contribution is -2.55. The third kappa shape index (κ3) is 3.02. The molecular weight excluding hydrogens is 290 g/mol. The number of thioether (sulfide) groups is 1. The van der Waals surface area contributed by atoms with Gasteiger partial charge in [-0.05, 0) is 43.1 Å². The monoisotopic (exact) mass is 311 g/mol. The number of imide groups is 1. The van der Waals surface area contributed by atoms with Crippen molar-refractivity contribution in [2.45, 2.75) is 37.6 Å². The zero-order chi connectivity index (χ0) is 14.9. The average molecular weight is 311 g/mol. The lowest BCUT2D eigenvalue weighted by molar-refractivity contribution is -0.136. The van der Waals surface area contributed by atoms with Crippen LogP contribution < -0.4 is 10.6 Å². The molecule has 2 N–H and O–H groups in total. The molecule has 0 bridgehead atoms. The van der Waals surface area contributed by atoms with E-state index in [0.717, 1.165) is 24.3 Å². The number of hydrogen-bond acceptors (Lipinski definition) is 4. The largest absolute Gasteiger partial charge is 0.342 e. The van der Waals surface area contributed by atoms with Gasteiger partial charge in [0.2, 0.25) is 5.91 Å². The summed E-state index contributed by atoms with van der Waals surface area (Å²) < 4.78 is 0. The lowest BCUT2D eigenvalue weighted by atomic mass is 9.87. The van der Waals surface area contributed by atoms with Crippen LogP contribution >= 0.6 is 11.8 Å². The fraction of sp³-hybridized carbons (Fsp3) is 0.786. The molecule has 0 aromatic heterocycles. The molecule has 0 unspecified atom stereocenters.